The maximum atomic E-state index is 13.3. The number of carbonyl (C=O) groups is 3. The second-order valence-electron chi connectivity index (χ2n) is 7.58. The Balaban J connectivity index is 1.92. The van der Waals surface area contributed by atoms with Crippen LogP contribution in [0.25, 0.3) is 5.76 Å². The molecule has 2 heterocycles. The molecule has 2 aromatic carbocycles. The molecule has 9 heteroatoms. The number of amides is 1. The van der Waals surface area contributed by atoms with E-state index in [-0.39, 0.29) is 27.9 Å². The van der Waals surface area contributed by atoms with Gasteiger partial charge in [0.25, 0.3) is 5.78 Å². The Morgan fingerprint density at radius 2 is 1.86 bits per heavy atom. The van der Waals surface area contributed by atoms with Gasteiger partial charge in [-0.2, -0.15) is 0 Å². The first kappa shape index (κ1) is 23.9. The molecule has 1 amide bonds. The van der Waals surface area contributed by atoms with Crippen molar-refractivity contribution in [3.8, 4) is 5.75 Å². The lowest BCUT2D eigenvalue weighted by atomic mass is 9.95. The van der Waals surface area contributed by atoms with Gasteiger partial charge in [-0.3, -0.25) is 14.5 Å². The van der Waals surface area contributed by atoms with Crippen molar-refractivity contribution in [3.05, 3.63) is 94.5 Å². The molecule has 8 nitrogen and oxygen atoms in total. The minimum Gasteiger partial charge on any atom is -0.507 e. The van der Waals surface area contributed by atoms with Gasteiger partial charge in [-0.1, -0.05) is 72.5 Å². The van der Waals surface area contributed by atoms with Crippen LogP contribution < -0.4 is 9.64 Å². The highest BCUT2D eigenvalue weighted by Crippen LogP contribution is 2.46. The number of methoxy groups -OCH3 is 1. The number of Topliss-reactive ketones (excluding diaryl/α,β-unsaturated/α-hetero) is 1. The van der Waals surface area contributed by atoms with E-state index in [2.05, 4.69) is 11.6 Å². The summed E-state index contributed by atoms with van der Waals surface area (Å²) < 4.78 is 10.6. The number of hydrogen-bond acceptors (Lipinski definition) is 8. The van der Waals surface area contributed by atoms with Crippen LogP contribution >= 0.6 is 11.3 Å². The smallest absolute Gasteiger partial charge is 0.350 e. The van der Waals surface area contributed by atoms with Crippen molar-refractivity contribution >= 4 is 39.9 Å². The number of aromatic nitrogens is 1. The fourth-order valence-corrected chi connectivity index (χ4v) is 4.83. The molecule has 1 fully saturated rings. The van der Waals surface area contributed by atoms with E-state index in [0.717, 1.165) is 11.3 Å². The van der Waals surface area contributed by atoms with Crippen LogP contribution in [0.4, 0.5) is 5.13 Å². The number of esters is 1. The first-order valence-corrected chi connectivity index (χ1v) is 11.5. The molecule has 1 atom stereocenters. The second-order valence-corrected chi connectivity index (χ2v) is 8.55. The van der Waals surface area contributed by atoms with Gasteiger partial charge < -0.3 is 14.6 Å². The summed E-state index contributed by atoms with van der Waals surface area (Å²) in [6.45, 7) is 5.16. The fraction of sp³-hybridized carbons (Fsp3) is 0.154. The van der Waals surface area contributed by atoms with Gasteiger partial charge in [0.05, 0.1) is 18.4 Å². The molecule has 0 radical (unpaired) electrons. The largest absolute Gasteiger partial charge is 0.507 e. The number of nitrogens with zero attached hydrogens (tertiary/aromatic N) is 2. The Labute approximate surface area is 205 Å². The van der Waals surface area contributed by atoms with Crippen LogP contribution in [0.15, 0.2) is 72.8 Å². The number of rotatable bonds is 7. The number of aliphatic hydroxyl groups is 1. The lowest BCUT2D eigenvalue weighted by Gasteiger charge is -2.24. The Kier molecular flexibility index (Phi) is 6.79. The molecular weight excluding hydrogens is 468 g/mol. The van der Waals surface area contributed by atoms with Crippen molar-refractivity contribution in [2.24, 2.45) is 0 Å². The molecule has 0 spiro atoms. The number of hydrogen-bond donors (Lipinski definition) is 1. The summed E-state index contributed by atoms with van der Waals surface area (Å²) in [6, 6.07) is 14.4. The summed E-state index contributed by atoms with van der Waals surface area (Å²) in [4.78, 5) is 44.9. The molecule has 1 aromatic heterocycles. The van der Waals surface area contributed by atoms with E-state index >= 15 is 0 Å². The summed E-state index contributed by atoms with van der Waals surface area (Å²) >= 11 is 0.930. The molecule has 1 aliphatic heterocycles. The van der Waals surface area contributed by atoms with Crippen LogP contribution in [-0.4, -0.2) is 41.5 Å². The zero-order chi connectivity index (χ0) is 25.1. The van der Waals surface area contributed by atoms with E-state index in [1.54, 1.807) is 61.5 Å². The lowest BCUT2D eigenvalue weighted by Crippen LogP contribution is -2.29. The van der Waals surface area contributed by atoms with Crippen molar-refractivity contribution < 1.29 is 29.0 Å². The van der Waals surface area contributed by atoms with Crippen LogP contribution in [0, 0.1) is 6.92 Å². The highest BCUT2D eigenvalue weighted by atomic mass is 32.1. The third kappa shape index (κ3) is 4.33. The van der Waals surface area contributed by atoms with Crippen molar-refractivity contribution in [1.82, 2.24) is 4.98 Å². The standard InChI is InChI=1S/C26H22N2O6S/c1-4-14-34-25(32)23-15(2)27-26(35-23)28-20(17-12-8-9-13-18(17)33-3)19(22(30)24(28)31)21(29)16-10-6-5-7-11-16/h4-13,20,29H,1,14H2,2-3H3. The van der Waals surface area contributed by atoms with Crippen molar-refractivity contribution in [2.45, 2.75) is 13.0 Å². The van der Waals surface area contributed by atoms with Crippen molar-refractivity contribution in [3.63, 3.8) is 0 Å². The molecule has 0 aliphatic carbocycles. The van der Waals surface area contributed by atoms with Crippen LogP contribution in [0.2, 0.25) is 0 Å². The molecule has 1 unspecified atom stereocenters. The molecule has 1 N–H and O–H groups in total. The summed E-state index contributed by atoms with van der Waals surface area (Å²) in [5.74, 6) is -2.26. The highest BCUT2D eigenvalue weighted by Gasteiger charge is 2.49. The zero-order valence-electron chi connectivity index (χ0n) is 19.1. The van der Waals surface area contributed by atoms with E-state index in [1.807, 2.05) is 0 Å². The Hall–Kier alpha value is -4.24. The average molecular weight is 491 g/mol. The number of ether oxygens (including phenoxy) is 2. The summed E-state index contributed by atoms with van der Waals surface area (Å²) in [5.41, 5.74) is 1.11. The van der Waals surface area contributed by atoms with E-state index in [1.165, 1.54) is 18.1 Å². The third-order valence-electron chi connectivity index (χ3n) is 5.43. The number of para-hydroxylation sites is 1. The van der Waals surface area contributed by atoms with Gasteiger partial charge in [0.15, 0.2) is 5.13 Å². The minimum absolute atomic E-state index is 0.0221. The predicted octanol–water partition coefficient (Wildman–Crippen LogP) is 4.43. The van der Waals surface area contributed by atoms with Gasteiger partial charge in [0, 0.05) is 11.1 Å². The Morgan fingerprint density at radius 3 is 2.54 bits per heavy atom. The predicted molar refractivity (Wildman–Crippen MR) is 132 cm³/mol. The topological polar surface area (TPSA) is 106 Å². The van der Waals surface area contributed by atoms with Gasteiger partial charge in [-0.15, -0.1) is 0 Å². The molecule has 35 heavy (non-hydrogen) atoms. The van der Waals surface area contributed by atoms with E-state index in [9.17, 15) is 19.5 Å². The van der Waals surface area contributed by atoms with E-state index in [4.69, 9.17) is 9.47 Å². The zero-order valence-corrected chi connectivity index (χ0v) is 19.9. The molecular formula is C26H22N2O6S. The Bertz CT molecular complexity index is 1340. The summed E-state index contributed by atoms with van der Waals surface area (Å²) in [7, 11) is 1.48. The number of aliphatic hydroxyl groups excluding tert-OH is 1. The van der Waals surface area contributed by atoms with E-state index in [0.29, 0.717) is 22.6 Å². The van der Waals surface area contributed by atoms with Crippen molar-refractivity contribution in [1.29, 1.82) is 0 Å². The monoisotopic (exact) mass is 490 g/mol. The van der Waals surface area contributed by atoms with Gasteiger partial charge in [-0.25, -0.2) is 9.78 Å². The maximum absolute atomic E-state index is 13.3. The van der Waals surface area contributed by atoms with Gasteiger partial charge in [0.1, 0.15) is 29.0 Å². The second kappa shape index (κ2) is 9.94. The normalized spacial score (nSPS) is 16.9. The maximum Gasteiger partial charge on any atom is 0.350 e. The fourth-order valence-electron chi connectivity index (χ4n) is 3.84. The first-order chi connectivity index (χ1) is 16.9. The molecule has 0 bridgehead atoms. The molecule has 178 valence electrons. The molecule has 1 aliphatic rings. The van der Waals surface area contributed by atoms with Crippen LogP contribution in [0.1, 0.15) is 32.5 Å². The summed E-state index contributed by atoms with van der Waals surface area (Å²) in [6.07, 6.45) is 1.44. The highest BCUT2D eigenvalue weighted by molar-refractivity contribution is 7.17. The number of carbonyl (C=O) groups excluding carboxylic acids is 3. The molecule has 1 saturated heterocycles. The van der Waals surface area contributed by atoms with Gasteiger partial charge >= 0.3 is 11.9 Å². The van der Waals surface area contributed by atoms with Crippen LogP contribution in [-0.2, 0) is 14.3 Å². The molecule has 4 rings (SSSR count). The number of thiazole rings is 1. The third-order valence-corrected chi connectivity index (χ3v) is 6.57. The summed E-state index contributed by atoms with van der Waals surface area (Å²) in [5, 5.41) is 11.3. The van der Waals surface area contributed by atoms with Crippen molar-refractivity contribution in [2.75, 3.05) is 18.6 Å². The van der Waals surface area contributed by atoms with E-state index < -0.39 is 23.7 Å². The van der Waals surface area contributed by atoms with Gasteiger partial charge in [-0.05, 0) is 13.0 Å². The number of ketones is 1. The first-order valence-electron chi connectivity index (χ1n) is 10.6. The van der Waals surface area contributed by atoms with Crippen LogP contribution in [0.3, 0.4) is 0 Å². The number of aryl methyl sites for hydroxylation is 1. The molecule has 3 aromatic rings. The average Bonchev–Trinajstić information content (AvgIpc) is 3.39. The Morgan fingerprint density at radius 1 is 1.17 bits per heavy atom. The number of anilines is 1. The lowest BCUT2D eigenvalue weighted by molar-refractivity contribution is -0.132. The van der Waals surface area contributed by atoms with Gasteiger partial charge in [0.2, 0.25) is 0 Å². The molecule has 0 saturated carbocycles. The quantitative estimate of drug-likeness (QED) is 0.172. The SMILES string of the molecule is C=CCOC(=O)c1sc(N2C(=O)C(=O)C(=C(O)c3ccccc3)C2c2ccccc2OC)nc1C. The number of benzene rings is 2. The van der Waals surface area contributed by atoms with Crippen LogP contribution in [0.5, 0.6) is 5.75 Å². The minimum atomic E-state index is -1.03.